The molecule has 0 amide bonds. The van der Waals surface area contributed by atoms with E-state index < -0.39 is 6.04 Å². The van der Waals surface area contributed by atoms with Gasteiger partial charge in [-0.05, 0) is 19.6 Å². The summed E-state index contributed by atoms with van der Waals surface area (Å²) in [6.45, 7) is 1.55. The highest BCUT2D eigenvalue weighted by Gasteiger charge is 2.11. The lowest BCUT2D eigenvalue weighted by molar-refractivity contribution is -0.364. The molecule has 0 saturated carbocycles. The molecule has 0 fully saturated rings. The van der Waals surface area contributed by atoms with E-state index in [0.717, 1.165) is 0 Å². The van der Waals surface area contributed by atoms with Crippen molar-refractivity contribution in [1.29, 1.82) is 0 Å². The van der Waals surface area contributed by atoms with Crippen LogP contribution in [0.5, 0.6) is 0 Å². The van der Waals surface area contributed by atoms with E-state index in [4.69, 9.17) is 0 Å². The van der Waals surface area contributed by atoms with E-state index in [2.05, 4.69) is 4.99 Å². The molecule has 0 saturated heterocycles. The van der Waals surface area contributed by atoms with Gasteiger partial charge >= 0.3 is 0 Å². The lowest BCUT2D eigenvalue weighted by Gasteiger charge is -2.05. The Morgan fingerprint density at radius 2 is 2.13 bits per heavy atom. The molecule has 0 spiro atoms. The van der Waals surface area contributed by atoms with Crippen molar-refractivity contribution in [3.63, 3.8) is 0 Å². The van der Waals surface area contributed by atoms with E-state index in [1.165, 1.54) is 6.21 Å². The maximum atomic E-state index is 11.7. The number of carbonyl (C=O) groups is 1. The maximum absolute atomic E-state index is 11.7. The number of rotatable bonds is 5. The summed E-state index contributed by atoms with van der Waals surface area (Å²) in [6.07, 6.45) is 1.91. The van der Waals surface area contributed by atoms with Crippen LogP contribution in [0.1, 0.15) is 23.7 Å². The molecule has 0 aliphatic heterocycles. The minimum Gasteiger partial charge on any atom is -0.854 e. The van der Waals surface area contributed by atoms with Crippen molar-refractivity contribution in [2.75, 3.05) is 6.61 Å². The molecule has 0 bridgehead atoms. The van der Waals surface area contributed by atoms with Gasteiger partial charge in [-0.2, -0.15) is 0 Å². The van der Waals surface area contributed by atoms with Gasteiger partial charge in [0.25, 0.3) is 0 Å². The van der Waals surface area contributed by atoms with E-state index >= 15 is 0 Å². The molecule has 0 aromatic heterocycles. The Kier molecular flexibility index (Phi) is 4.71. The van der Waals surface area contributed by atoms with Crippen LogP contribution in [0.4, 0.5) is 0 Å². The minimum absolute atomic E-state index is 0.0160. The number of benzene rings is 1. The molecule has 0 aliphatic rings. The van der Waals surface area contributed by atoms with Crippen LogP contribution >= 0.6 is 0 Å². The number of hydrogen-bond acceptors (Lipinski definition) is 3. The first-order valence-electron chi connectivity index (χ1n) is 4.94. The molecule has 1 aromatic carbocycles. The molecule has 1 aromatic rings. The van der Waals surface area contributed by atoms with Gasteiger partial charge in [-0.1, -0.05) is 30.3 Å². The predicted molar refractivity (Wildman–Crippen MR) is 58.2 cm³/mol. The molecule has 0 aliphatic carbocycles. The molecule has 1 unspecified atom stereocenters. The van der Waals surface area contributed by atoms with Crippen molar-refractivity contribution in [1.82, 2.24) is 0 Å². The Morgan fingerprint density at radius 3 is 2.73 bits per heavy atom. The van der Waals surface area contributed by atoms with Gasteiger partial charge in [0.05, 0.1) is 0 Å². The average molecular weight is 204 g/mol. The second kappa shape index (κ2) is 6.09. The van der Waals surface area contributed by atoms with Crippen LogP contribution in [0.3, 0.4) is 0 Å². The lowest BCUT2D eigenvalue weighted by Crippen LogP contribution is -2.15. The molecule has 0 N–H and O–H groups in total. The summed E-state index contributed by atoms with van der Waals surface area (Å²) in [7, 11) is 0. The fraction of sp³-hybridized carbons (Fsp3) is 0.333. The van der Waals surface area contributed by atoms with Crippen LogP contribution in [-0.2, 0) is 0 Å². The molecular formula is C12H14NO2-. The number of hydrogen-bond donors (Lipinski definition) is 0. The molecule has 1 atom stereocenters. The zero-order valence-electron chi connectivity index (χ0n) is 8.72. The summed E-state index contributed by atoms with van der Waals surface area (Å²) in [5.41, 5.74) is 0.657. The Morgan fingerprint density at radius 1 is 1.47 bits per heavy atom. The van der Waals surface area contributed by atoms with Gasteiger partial charge in [0.15, 0.2) is 5.78 Å². The molecular weight excluding hydrogens is 190 g/mol. The van der Waals surface area contributed by atoms with E-state index in [0.29, 0.717) is 12.0 Å². The normalized spacial score (nSPS) is 12.9. The second-order valence-electron chi connectivity index (χ2n) is 3.23. The van der Waals surface area contributed by atoms with Crippen molar-refractivity contribution in [3.05, 3.63) is 35.9 Å². The van der Waals surface area contributed by atoms with Crippen LogP contribution in [0.2, 0.25) is 0 Å². The van der Waals surface area contributed by atoms with E-state index in [1.807, 2.05) is 18.2 Å². The molecule has 80 valence electrons. The van der Waals surface area contributed by atoms with Gasteiger partial charge in [-0.15, -0.1) is 6.61 Å². The van der Waals surface area contributed by atoms with Crippen molar-refractivity contribution >= 4 is 12.0 Å². The van der Waals surface area contributed by atoms with Crippen molar-refractivity contribution in [3.8, 4) is 0 Å². The van der Waals surface area contributed by atoms with Crippen LogP contribution in [-0.4, -0.2) is 24.6 Å². The molecule has 3 nitrogen and oxygen atoms in total. The smallest absolute Gasteiger partial charge is 0.186 e. The Hall–Kier alpha value is -1.48. The zero-order valence-corrected chi connectivity index (χ0v) is 8.72. The lowest BCUT2D eigenvalue weighted by atomic mass is 10.1. The number of carbonyl (C=O) groups excluding carboxylic acids is 1. The van der Waals surface area contributed by atoms with Crippen LogP contribution in [0.15, 0.2) is 35.3 Å². The SMILES string of the molecule is CC(N=CCC[O-])C(=O)c1ccccc1. The summed E-state index contributed by atoms with van der Waals surface area (Å²) in [4.78, 5) is 15.8. The summed E-state index contributed by atoms with van der Waals surface area (Å²) >= 11 is 0. The maximum Gasteiger partial charge on any atom is 0.186 e. The van der Waals surface area contributed by atoms with Gasteiger partial charge in [0.2, 0.25) is 0 Å². The molecule has 0 radical (unpaired) electrons. The third-order valence-corrected chi connectivity index (χ3v) is 2.01. The van der Waals surface area contributed by atoms with Crippen LogP contribution in [0.25, 0.3) is 0 Å². The van der Waals surface area contributed by atoms with E-state index in [9.17, 15) is 9.90 Å². The van der Waals surface area contributed by atoms with Crippen molar-refractivity contribution in [2.24, 2.45) is 4.99 Å². The summed E-state index contributed by atoms with van der Waals surface area (Å²) in [5, 5.41) is 10.2. The zero-order chi connectivity index (χ0) is 11.1. The highest BCUT2D eigenvalue weighted by Crippen LogP contribution is 2.05. The summed E-state index contributed by atoms with van der Waals surface area (Å²) in [5.74, 6) is -0.0160. The van der Waals surface area contributed by atoms with Crippen molar-refractivity contribution in [2.45, 2.75) is 19.4 Å². The molecule has 1 rings (SSSR count). The number of ketones is 1. The van der Waals surface area contributed by atoms with Gasteiger partial charge in [0, 0.05) is 5.56 Å². The fourth-order valence-electron chi connectivity index (χ4n) is 1.20. The summed E-state index contributed by atoms with van der Waals surface area (Å²) in [6, 6.07) is 8.63. The first kappa shape index (κ1) is 11.6. The van der Waals surface area contributed by atoms with Gasteiger partial charge < -0.3 is 5.11 Å². The third kappa shape index (κ3) is 3.64. The molecule has 15 heavy (non-hydrogen) atoms. The van der Waals surface area contributed by atoms with Crippen molar-refractivity contribution < 1.29 is 9.90 Å². The van der Waals surface area contributed by atoms with Gasteiger partial charge in [0.1, 0.15) is 6.04 Å². The first-order chi connectivity index (χ1) is 7.25. The Balaban J connectivity index is 2.61. The largest absolute Gasteiger partial charge is 0.854 e. The highest BCUT2D eigenvalue weighted by atomic mass is 16.2. The van der Waals surface area contributed by atoms with Crippen LogP contribution < -0.4 is 5.11 Å². The van der Waals surface area contributed by atoms with E-state index in [-0.39, 0.29) is 12.4 Å². The first-order valence-corrected chi connectivity index (χ1v) is 4.94. The van der Waals surface area contributed by atoms with Crippen LogP contribution in [0, 0.1) is 0 Å². The number of aliphatic imine (C=N–C) groups is 1. The van der Waals surface area contributed by atoms with E-state index in [1.54, 1.807) is 19.1 Å². The monoisotopic (exact) mass is 204 g/mol. The Labute approximate surface area is 89.5 Å². The quantitative estimate of drug-likeness (QED) is 0.532. The van der Waals surface area contributed by atoms with Gasteiger partial charge in [-0.25, -0.2) is 0 Å². The molecule has 0 heterocycles. The average Bonchev–Trinajstić information content (AvgIpc) is 2.29. The molecule has 3 heteroatoms. The standard InChI is InChI=1S/C12H14NO2/c1-10(13-8-5-9-14)12(15)11-6-3-2-4-7-11/h2-4,6-8,10H,5,9H2,1H3/q-1. The third-order valence-electron chi connectivity index (χ3n) is 2.01. The topological polar surface area (TPSA) is 52.5 Å². The number of nitrogens with zero attached hydrogens (tertiary/aromatic N) is 1. The minimum atomic E-state index is -0.404. The summed E-state index contributed by atoms with van der Waals surface area (Å²) < 4.78 is 0. The highest BCUT2D eigenvalue weighted by molar-refractivity contribution is 6.00. The van der Waals surface area contributed by atoms with Gasteiger partial charge in [-0.3, -0.25) is 9.79 Å². The fourth-order valence-corrected chi connectivity index (χ4v) is 1.20. The predicted octanol–water partition coefficient (Wildman–Crippen LogP) is 1.08. The Bertz CT molecular complexity index is 333. The second-order valence-corrected chi connectivity index (χ2v) is 3.23. The number of Topliss-reactive ketones (excluding diaryl/α,β-unsaturated/α-hetero) is 1.